The molecule has 2 aromatic rings. The molecule has 0 bridgehead atoms. The van der Waals surface area contributed by atoms with Crippen LogP contribution in [0.1, 0.15) is 27.4 Å². The third-order valence-electron chi connectivity index (χ3n) is 4.07. The fourth-order valence-corrected chi connectivity index (χ4v) is 2.76. The number of amidine groups is 1. The molecule has 0 atom stereocenters. The van der Waals surface area contributed by atoms with Crippen LogP contribution in [0.25, 0.3) is 5.70 Å². The number of hydrogen-bond acceptors (Lipinski definition) is 7. The van der Waals surface area contributed by atoms with Gasteiger partial charge in [-0.25, -0.2) is 4.98 Å². The van der Waals surface area contributed by atoms with Gasteiger partial charge in [0.15, 0.2) is 12.4 Å². The molecule has 0 saturated carbocycles. The predicted molar refractivity (Wildman–Crippen MR) is 96.4 cm³/mol. The Morgan fingerprint density at radius 3 is 2.96 bits per heavy atom. The van der Waals surface area contributed by atoms with Crippen LogP contribution in [0, 0.1) is 0 Å². The van der Waals surface area contributed by atoms with Crippen molar-refractivity contribution >= 4 is 29.0 Å². The highest BCUT2D eigenvalue weighted by atomic mass is 16.5. The van der Waals surface area contributed by atoms with Gasteiger partial charge in [0, 0.05) is 6.54 Å². The second kappa shape index (κ2) is 6.09. The van der Waals surface area contributed by atoms with Crippen LogP contribution < -0.4 is 26.7 Å². The van der Waals surface area contributed by atoms with Crippen LogP contribution in [0.4, 0.5) is 5.69 Å². The number of nitrogens with zero attached hydrogens (tertiary/aromatic N) is 2. The molecule has 27 heavy (non-hydrogen) atoms. The highest BCUT2D eigenvalue weighted by Crippen LogP contribution is 2.28. The number of benzene rings is 1. The molecule has 0 saturated heterocycles. The summed E-state index contributed by atoms with van der Waals surface area (Å²) < 4.78 is 5.31. The summed E-state index contributed by atoms with van der Waals surface area (Å²) in [5.41, 5.74) is 6.61. The molecule has 1 aromatic heterocycles. The lowest BCUT2D eigenvalue weighted by atomic mass is 10.1. The van der Waals surface area contributed by atoms with Crippen LogP contribution in [-0.2, 0) is 11.3 Å². The number of aromatic nitrogens is 2. The third kappa shape index (κ3) is 2.92. The molecule has 1 aromatic carbocycles. The smallest absolute Gasteiger partial charge is 0.298 e. The normalized spacial score (nSPS) is 14.6. The first-order valence-electron chi connectivity index (χ1n) is 7.94. The number of hydrogen-bond donors (Lipinski definition) is 4. The highest BCUT2D eigenvalue weighted by Gasteiger charge is 2.27. The van der Waals surface area contributed by atoms with Gasteiger partial charge in [-0.3, -0.25) is 14.4 Å². The van der Waals surface area contributed by atoms with Crippen molar-refractivity contribution in [3.8, 4) is 5.75 Å². The van der Waals surface area contributed by atoms with Crippen molar-refractivity contribution in [1.29, 1.82) is 0 Å². The number of carbonyl (C=O) groups excluding carboxylic acids is 2. The molecule has 2 aliphatic heterocycles. The summed E-state index contributed by atoms with van der Waals surface area (Å²) in [7, 11) is 0. The lowest BCUT2D eigenvalue weighted by Crippen LogP contribution is -2.27. The lowest BCUT2D eigenvalue weighted by molar-refractivity contribution is -0.118. The number of aromatic amines is 1. The number of rotatable bonds is 4. The van der Waals surface area contributed by atoms with Gasteiger partial charge < -0.3 is 26.1 Å². The first-order chi connectivity index (χ1) is 12.9. The molecule has 2 aliphatic rings. The van der Waals surface area contributed by atoms with E-state index in [9.17, 15) is 14.4 Å². The monoisotopic (exact) mass is 366 g/mol. The Balaban J connectivity index is 1.51. The number of carbonyl (C=O) groups is 2. The van der Waals surface area contributed by atoms with Gasteiger partial charge >= 0.3 is 0 Å². The standard InChI is InChI=1S/C17H14N6O4/c1-7(15-21-13-12(16(25)23-15)14(18)22-17(13)26)19-5-8-2-3-10-9(4-8)20-11(24)6-27-10/h2-4,19H,1,5-6H2,(H,20,24)(H2,18,22,26)(H,21,23,25). The summed E-state index contributed by atoms with van der Waals surface area (Å²) in [6, 6.07) is 5.35. The SMILES string of the molecule is C=C(NCc1ccc2c(c1)NC(=O)CO2)c1nc2c(c(=O)[nH]1)C(N)=NC2=O. The Morgan fingerprint density at radius 2 is 2.15 bits per heavy atom. The molecule has 0 fully saturated rings. The molecule has 0 radical (unpaired) electrons. The zero-order valence-electron chi connectivity index (χ0n) is 14.0. The van der Waals surface area contributed by atoms with Crippen LogP contribution in [0.5, 0.6) is 5.75 Å². The first-order valence-corrected chi connectivity index (χ1v) is 7.94. The van der Waals surface area contributed by atoms with Crippen LogP contribution in [0.15, 0.2) is 34.6 Å². The fourth-order valence-electron chi connectivity index (χ4n) is 2.76. The topological polar surface area (TPSA) is 152 Å². The number of anilines is 1. The summed E-state index contributed by atoms with van der Waals surface area (Å²) in [4.78, 5) is 45.5. The Kier molecular flexibility index (Phi) is 3.73. The third-order valence-corrected chi connectivity index (χ3v) is 4.07. The van der Waals surface area contributed by atoms with Crippen LogP contribution in [0.2, 0.25) is 0 Å². The molecule has 0 spiro atoms. The van der Waals surface area contributed by atoms with E-state index in [1.807, 2.05) is 6.07 Å². The molecular weight excluding hydrogens is 352 g/mol. The molecule has 3 heterocycles. The van der Waals surface area contributed by atoms with Gasteiger partial charge in [0.2, 0.25) is 0 Å². The number of amides is 2. The molecule has 10 heteroatoms. The van der Waals surface area contributed by atoms with Crippen LogP contribution in [0.3, 0.4) is 0 Å². The number of H-pyrrole nitrogens is 1. The largest absolute Gasteiger partial charge is 0.482 e. The van der Waals surface area contributed by atoms with E-state index in [1.54, 1.807) is 12.1 Å². The summed E-state index contributed by atoms with van der Waals surface area (Å²) in [5, 5.41) is 5.75. The van der Waals surface area contributed by atoms with Gasteiger partial charge in [-0.1, -0.05) is 12.6 Å². The van der Waals surface area contributed by atoms with Crippen molar-refractivity contribution in [2.75, 3.05) is 11.9 Å². The van der Waals surface area contributed by atoms with Gasteiger partial charge in [-0.15, -0.1) is 0 Å². The molecule has 2 amide bonds. The number of nitrogens with one attached hydrogen (secondary N) is 3. The summed E-state index contributed by atoms with van der Waals surface area (Å²) in [6.45, 7) is 4.17. The van der Waals surface area contributed by atoms with Crippen molar-refractivity contribution < 1.29 is 14.3 Å². The second-order valence-corrected chi connectivity index (χ2v) is 5.94. The number of ether oxygens (including phenoxy) is 1. The van der Waals surface area contributed by atoms with E-state index in [4.69, 9.17) is 10.5 Å². The zero-order valence-corrected chi connectivity index (χ0v) is 14.0. The highest BCUT2D eigenvalue weighted by molar-refractivity contribution is 6.18. The van der Waals surface area contributed by atoms with E-state index in [0.29, 0.717) is 23.7 Å². The van der Waals surface area contributed by atoms with Gasteiger partial charge in [-0.05, 0) is 17.7 Å². The van der Waals surface area contributed by atoms with Gasteiger partial charge in [0.1, 0.15) is 22.8 Å². The van der Waals surface area contributed by atoms with E-state index >= 15 is 0 Å². The van der Waals surface area contributed by atoms with Crippen LogP contribution >= 0.6 is 0 Å². The Morgan fingerprint density at radius 1 is 1.33 bits per heavy atom. The fraction of sp³-hybridized carbons (Fsp3) is 0.118. The van der Waals surface area contributed by atoms with E-state index in [1.165, 1.54) is 0 Å². The molecule has 0 unspecified atom stereocenters. The minimum absolute atomic E-state index is 0.00822. The minimum atomic E-state index is -0.659. The number of aliphatic imine (C=N–C) groups is 1. The van der Waals surface area contributed by atoms with E-state index in [-0.39, 0.29) is 35.4 Å². The zero-order chi connectivity index (χ0) is 19.1. The molecular formula is C17H14N6O4. The summed E-state index contributed by atoms with van der Waals surface area (Å²) in [6.07, 6.45) is 0. The van der Waals surface area contributed by atoms with Crippen molar-refractivity contribution in [1.82, 2.24) is 15.3 Å². The van der Waals surface area contributed by atoms with Crippen LogP contribution in [-0.4, -0.2) is 34.2 Å². The molecule has 4 rings (SSSR count). The maximum atomic E-state index is 12.1. The average molecular weight is 366 g/mol. The first kappa shape index (κ1) is 16.5. The summed E-state index contributed by atoms with van der Waals surface area (Å²) >= 11 is 0. The number of nitrogens with two attached hydrogens (primary N) is 1. The molecule has 5 N–H and O–H groups in total. The van der Waals surface area contributed by atoms with E-state index < -0.39 is 11.5 Å². The Labute approximate surface area is 152 Å². The number of fused-ring (bicyclic) bond motifs is 2. The lowest BCUT2D eigenvalue weighted by Gasteiger charge is -2.19. The molecule has 0 aliphatic carbocycles. The average Bonchev–Trinajstić information content (AvgIpc) is 2.93. The van der Waals surface area contributed by atoms with Crippen molar-refractivity contribution in [3.05, 3.63) is 57.8 Å². The van der Waals surface area contributed by atoms with Crippen molar-refractivity contribution in [2.45, 2.75) is 6.54 Å². The maximum Gasteiger partial charge on any atom is 0.298 e. The maximum absolute atomic E-state index is 12.1. The quantitative estimate of drug-likeness (QED) is 0.581. The van der Waals surface area contributed by atoms with E-state index in [0.717, 1.165) is 5.56 Å². The Hall–Kier alpha value is -3.95. The second-order valence-electron chi connectivity index (χ2n) is 5.94. The van der Waals surface area contributed by atoms with Crippen molar-refractivity contribution in [3.63, 3.8) is 0 Å². The Bertz CT molecular complexity index is 1100. The van der Waals surface area contributed by atoms with E-state index in [2.05, 4.69) is 32.2 Å². The van der Waals surface area contributed by atoms with Crippen molar-refractivity contribution in [2.24, 2.45) is 10.7 Å². The summed E-state index contributed by atoms with van der Waals surface area (Å²) in [5.74, 6) is -0.312. The predicted octanol–water partition coefficient (Wildman–Crippen LogP) is -0.280. The molecule has 10 nitrogen and oxygen atoms in total. The molecule has 136 valence electrons. The van der Waals surface area contributed by atoms with Gasteiger partial charge in [0.05, 0.1) is 11.4 Å². The van der Waals surface area contributed by atoms with Gasteiger partial charge in [-0.2, -0.15) is 4.99 Å². The minimum Gasteiger partial charge on any atom is -0.482 e. The van der Waals surface area contributed by atoms with Gasteiger partial charge in [0.25, 0.3) is 17.4 Å².